The third-order valence-corrected chi connectivity index (χ3v) is 0. The SMILES string of the molecule is O=C(O)O.[6Li]. The summed E-state index contributed by atoms with van der Waals surface area (Å²) in [5.41, 5.74) is 0. The summed E-state index contributed by atoms with van der Waals surface area (Å²) in [5, 5.41) is 13.9. The third-order valence-electron chi connectivity index (χ3n) is 0. The molecule has 0 saturated carbocycles. The van der Waals surface area contributed by atoms with Crippen molar-refractivity contribution >= 4 is 25.0 Å². The number of carbonyl (C=O) groups is 1. The van der Waals surface area contributed by atoms with Gasteiger partial charge in [0, 0.05) is 18.9 Å². The summed E-state index contributed by atoms with van der Waals surface area (Å²) in [6, 6.07) is 0. The van der Waals surface area contributed by atoms with Crippen LogP contribution in [0, 0.1) is 0 Å². The van der Waals surface area contributed by atoms with E-state index in [4.69, 9.17) is 15.0 Å². The second kappa shape index (κ2) is 3.87. The fourth-order valence-electron chi connectivity index (χ4n) is 0. The molecule has 0 aliphatic rings. The van der Waals surface area contributed by atoms with Gasteiger partial charge in [0.15, 0.2) is 0 Å². The standard InChI is InChI=1S/CH2O3.Li/c2-1(3)4;/h(H2,2,3,4);/i;1-1. The zero-order valence-electron chi connectivity index (χ0n) is 2.80. The monoisotopic (exact) mass is 68.0 g/mol. The summed E-state index contributed by atoms with van der Waals surface area (Å²) in [4.78, 5) is 8.56. The maximum atomic E-state index is 8.56. The zero-order chi connectivity index (χ0) is 3.58. The van der Waals surface area contributed by atoms with E-state index in [2.05, 4.69) is 0 Å². The van der Waals surface area contributed by atoms with Crippen molar-refractivity contribution in [3.8, 4) is 0 Å². The van der Waals surface area contributed by atoms with E-state index >= 15 is 0 Å². The van der Waals surface area contributed by atoms with E-state index in [1.165, 1.54) is 0 Å². The van der Waals surface area contributed by atoms with E-state index in [9.17, 15) is 0 Å². The Labute approximate surface area is 40.8 Å². The molecule has 0 aliphatic carbocycles. The van der Waals surface area contributed by atoms with Gasteiger partial charge in [0.05, 0.1) is 0 Å². The van der Waals surface area contributed by atoms with Crippen molar-refractivity contribution in [3.05, 3.63) is 0 Å². The molecule has 0 aromatic heterocycles. The maximum Gasteiger partial charge on any atom is 0.503 e. The van der Waals surface area contributed by atoms with Gasteiger partial charge in [-0.25, -0.2) is 4.79 Å². The molecule has 25 valence electrons. The molecule has 0 aromatic carbocycles. The summed E-state index contributed by atoms with van der Waals surface area (Å²) in [6.45, 7) is 0. The second-order valence-corrected chi connectivity index (χ2v) is 0.283. The fraction of sp³-hybridized carbons (Fsp3) is 0. The van der Waals surface area contributed by atoms with E-state index < -0.39 is 6.16 Å². The minimum Gasteiger partial charge on any atom is -0.450 e. The Kier molecular flexibility index (Phi) is 6.85. The molecule has 5 heavy (non-hydrogen) atoms. The number of rotatable bonds is 0. The molecule has 0 spiro atoms. The first-order valence-electron chi connectivity index (χ1n) is 0.651. The van der Waals surface area contributed by atoms with Gasteiger partial charge in [-0.2, -0.15) is 0 Å². The van der Waals surface area contributed by atoms with Crippen LogP contribution < -0.4 is 0 Å². The molecule has 1 radical (unpaired) electrons. The Balaban J connectivity index is 0. The minimum absolute atomic E-state index is 0. The first-order valence-corrected chi connectivity index (χ1v) is 0.651. The summed E-state index contributed by atoms with van der Waals surface area (Å²) in [5.74, 6) is 0. The molecule has 0 aliphatic heterocycles. The Hall–Kier alpha value is -0.133. The summed E-state index contributed by atoms with van der Waals surface area (Å²) >= 11 is 0. The van der Waals surface area contributed by atoms with Crippen molar-refractivity contribution < 1.29 is 15.0 Å². The van der Waals surface area contributed by atoms with Crippen molar-refractivity contribution in [3.63, 3.8) is 0 Å². The molecule has 0 unspecified atom stereocenters. The van der Waals surface area contributed by atoms with Crippen LogP contribution in [-0.4, -0.2) is 35.2 Å². The molecule has 0 bridgehead atoms. The van der Waals surface area contributed by atoms with Crippen molar-refractivity contribution in [2.24, 2.45) is 0 Å². The number of carboxylic acid groups (broad SMARTS) is 2. The van der Waals surface area contributed by atoms with Gasteiger partial charge in [0.2, 0.25) is 0 Å². The molecule has 0 amide bonds. The van der Waals surface area contributed by atoms with E-state index in [0.717, 1.165) is 0 Å². The van der Waals surface area contributed by atoms with Crippen LogP contribution in [0.5, 0.6) is 0 Å². The van der Waals surface area contributed by atoms with Gasteiger partial charge in [-0.15, -0.1) is 0 Å². The van der Waals surface area contributed by atoms with Crippen molar-refractivity contribution in [1.29, 1.82) is 0 Å². The van der Waals surface area contributed by atoms with Crippen LogP contribution in [0.4, 0.5) is 4.79 Å². The minimum atomic E-state index is -1.83. The van der Waals surface area contributed by atoms with Crippen LogP contribution in [0.25, 0.3) is 0 Å². The van der Waals surface area contributed by atoms with E-state index in [1.807, 2.05) is 0 Å². The molecular weight excluding hydrogens is 66.0 g/mol. The fourth-order valence-corrected chi connectivity index (χ4v) is 0. The largest absolute Gasteiger partial charge is 0.503 e. The second-order valence-electron chi connectivity index (χ2n) is 0.283. The van der Waals surface area contributed by atoms with Gasteiger partial charge in [-0.05, 0) is 0 Å². The third kappa shape index (κ3) is 767. The molecule has 0 saturated heterocycles. The molecule has 2 N–H and O–H groups in total. The molecule has 0 rings (SSSR count). The van der Waals surface area contributed by atoms with Crippen LogP contribution in [-0.2, 0) is 0 Å². The van der Waals surface area contributed by atoms with Crippen LogP contribution in [0.15, 0.2) is 0 Å². The van der Waals surface area contributed by atoms with Gasteiger partial charge in [-0.1, -0.05) is 0 Å². The predicted molar refractivity (Wildman–Crippen MR) is 16.4 cm³/mol. The zero-order valence-corrected chi connectivity index (χ0v) is 2.80. The molecule has 0 aromatic rings. The Morgan fingerprint density at radius 1 is 1.40 bits per heavy atom. The van der Waals surface area contributed by atoms with Gasteiger partial charge in [0.1, 0.15) is 0 Å². The molecule has 3 nitrogen and oxygen atoms in total. The Morgan fingerprint density at radius 3 is 1.40 bits per heavy atom. The summed E-state index contributed by atoms with van der Waals surface area (Å²) in [7, 11) is 0. The van der Waals surface area contributed by atoms with Crippen LogP contribution in [0.3, 0.4) is 0 Å². The molecule has 4 heteroatoms. The Bertz CT molecular complexity index is 29.9. The molecular formula is CH2LiO3. The first-order chi connectivity index (χ1) is 1.73. The number of hydrogen-bond acceptors (Lipinski definition) is 1. The van der Waals surface area contributed by atoms with Gasteiger partial charge in [0.25, 0.3) is 0 Å². The topological polar surface area (TPSA) is 57.5 Å². The van der Waals surface area contributed by atoms with Crippen molar-refractivity contribution in [1.82, 2.24) is 0 Å². The van der Waals surface area contributed by atoms with E-state index in [0.29, 0.717) is 0 Å². The predicted octanol–water partition coefficient (Wildman–Crippen LogP) is -0.158. The van der Waals surface area contributed by atoms with E-state index in [1.54, 1.807) is 0 Å². The average Bonchev–Trinajstić information content (AvgIpc) is 0.811. The van der Waals surface area contributed by atoms with E-state index in [-0.39, 0.29) is 18.9 Å². The van der Waals surface area contributed by atoms with Gasteiger partial charge >= 0.3 is 6.16 Å². The van der Waals surface area contributed by atoms with Crippen LogP contribution in [0.2, 0.25) is 0 Å². The quantitative estimate of drug-likeness (QED) is 0.388. The van der Waals surface area contributed by atoms with Gasteiger partial charge in [-0.3, -0.25) is 0 Å². The maximum absolute atomic E-state index is 8.56. The molecule has 0 heterocycles. The smallest absolute Gasteiger partial charge is 0.450 e. The van der Waals surface area contributed by atoms with Crippen LogP contribution >= 0.6 is 0 Å². The summed E-state index contributed by atoms with van der Waals surface area (Å²) < 4.78 is 0. The first kappa shape index (κ1) is 8.85. The summed E-state index contributed by atoms with van der Waals surface area (Å²) in [6.07, 6.45) is -1.83. The van der Waals surface area contributed by atoms with Crippen molar-refractivity contribution in [2.45, 2.75) is 0 Å². The van der Waals surface area contributed by atoms with Gasteiger partial charge < -0.3 is 10.2 Å². The average molecular weight is 68.0 g/mol. The Morgan fingerprint density at radius 2 is 1.40 bits per heavy atom. The normalized spacial score (nSPS) is 4.80. The molecule has 0 atom stereocenters. The van der Waals surface area contributed by atoms with Crippen molar-refractivity contribution in [2.75, 3.05) is 0 Å². The number of hydrogen-bond donors (Lipinski definition) is 2. The van der Waals surface area contributed by atoms with Crippen LogP contribution in [0.1, 0.15) is 0 Å². The molecule has 0 fully saturated rings.